The lowest BCUT2D eigenvalue weighted by Crippen LogP contribution is -1.96. The summed E-state index contributed by atoms with van der Waals surface area (Å²) < 4.78 is 2.15. The first-order valence-corrected chi connectivity index (χ1v) is 6.56. The smallest absolute Gasteiger partial charge is 0.114 e. The molecule has 3 N–H and O–H groups in total. The van der Waals surface area contributed by atoms with Crippen molar-refractivity contribution >= 4 is 0 Å². The van der Waals surface area contributed by atoms with E-state index < -0.39 is 0 Å². The van der Waals surface area contributed by atoms with Gasteiger partial charge in [-0.25, -0.2) is 0 Å². The summed E-state index contributed by atoms with van der Waals surface area (Å²) in [6.45, 7) is 0. The Kier molecular flexibility index (Phi) is 2.39. The summed E-state index contributed by atoms with van der Waals surface area (Å²) in [4.78, 5) is 9.83. The molecule has 4 aromatic rings. The van der Waals surface area contributed by atoms with Gasteiger partial charge in [-0.3, -0.25) is 0 Å². The molecule has 0 aliphatic rings. The van der Waals surface area contributed by atoms with Crippen LogP contribution in [0.25, 0.3) is 28.5 Å². The number of aromatic amines is 3. The Labute approximate surface area is 116 Å². The molecule has 4 rings (SSSR count). The Morgan fingerprint density at radius 1 is 0.700 bits per heavy atom. The van der Waals surface area contributed by atoms with E-state index in [1.165, 1.54) is 5.56 Å². The molecule has 0 saturated heterocycles. The van der Waals surface area contributed by atoms with Crippen molar-refractivity contribution in [2.75, 3.05) is 0 Å². The Morgan fingerprint density at radius 3 is 2.05 bits per heavy atom. The van der Waals surface area contributed by atoms with Crippen LogP contribution >= 0.6 is 0 Å². The molecule has 20 heavy (non-hydrogen) atoms. The van der Waals surface area contributed by atoms with Crippen LogP contribution in [0.3, 0.4) is 0 Å². The van der Waals surface area contributed by atoms with Crippen molar-refractivity contribution < 1.29 is 0 Å². The molecular formula is C16H14N4. The number of H-pyrrole nitrogens is 3. The minimum Gasteiger partial charge on any atom is -0.361 e. The molecular weight excluding hydrogens is 248 g/mol. The summed E-state index contributed by atoms with van der Waals surface area (Å²) in [5.41, 5.74) is 4.51. The van der Waals surface area contributed by atoms with Gasteiger partial charge in [0, 0.05) is 36.0 Å². The van der Waals surface area contributed by atoms with Crippen molar-refractivity contribution in [1.82, 2.24) is 19.5 Å². The molecule has 0 radical (unpaired) electrons. The lowest BCUT2D eigenvalue weighted by Gasteiger charge is -2.08. The van der Waals surface area contributed by atoms with E-state index in [0.29, 0.717) is 0 Å². The third-order valence-electron chi connectivity index (χ3n) is 3.47. The van der Waals surface area contributed by atoms with Crippen molar-refractivity contribution in [3.05, 3.63) is 67.3 Å². The minimum atomic E-state index is 1.05. The van der Waals surface area contributed by atoms with E-state index >= 15 is 0 Å². The quantitative estimate of drug-likeness (QED) is 0.503. The highest BCUT2D eigenvalue weighted by molar-refractivity contribution is 5.79. The van der Waals surface area contributed by atoms with Crippen molar-refractivity contribution in [2.24, 2.45) is 0 Å². The van der Waals surface area contributed by atoms with Gasteiger partial charge in [0.15, 0.2) is 0 Å². The maximum absolute atomic E-state index is 3.30. The second kappa shape index (κ2) is 4.35. The van der Waals surface area contributed by atoms with Gasteiger partial charge in [-0.2, -0.15) is 0 Å². The Bertz CT molecular complexity index is 735. The average Bonchev–Trinajstić information content (AvgIpc) is 3.23. The third kappa shape index (κ3) is 1.62. The molecule has 0 bridgehead atoms. The van der Waals surface area contributed by atoms with Crippen LogP contribution < -0.4 is 0 Å². The molecule has 4 heterocycles. The summed E-state index contributed by atoms with van der Waals surface area (Å²) in [6, 6.07) is 14.4. The predicted octanol–water partition coefficient (Wildman–Crippen LogP) is 3.80. The van der Waals surface area contributed by atoms with E-state index in [0.717, 1.165) is 22.9 Å². The molecule has 0 unspecified atom stereocenters. The van der Waals surface area contributed by atoms with E-state index in [-0.39, 0.29) is 0 Å². The van der Waals surface area contributed by atoms with Gasteiger partial charge in [0.2, 0.25) is 0 Å². The monoisotopic (exact) mass is 262 g/mol. The molecule has 0 spiro atoms. The van der Waals surface area contributed by atoms with Crippen molar-refractivity contribution in [1.29, 1.82) is 0 Å². The van der Waals surface area contributed by atoms with Crippen LogP contribution in [0, 0.1) is 0 Å². The Balaban J connectivity index is 1.98. The molecule has 0 amide bonds. The van der Waals surface area contributed by atoms with E-state index in [1.807, 2.05) is 36.8 Å². The fraction of sp³-hybridized carbons (Fsp3) is 0. The Hall–Kier alpha value is -2.88. The molecule has 4 nitrogen and oxygen atoms in total. The highest BCUT2D eigenvalue weighted by atomic mass is 15.1. The maximum atomic E-state index is 3.30. The van der Waals surface area contributed by atoms with E-state index in [4.69, 9.17) is 0 Å². The molecule has 0 aromatic carbocycles. The average molecular weight is 262 g/mol. The third-order valence-corrected chi connectivity index (χ3v) is 3.47. The van der Waals surface area contributed by atoms with Crippen LogP contribution in [0.5, 0.6) is 0 Å². The van der Waals surface area contributed by atoms with Gasteiger partial charge in [-0.05, 0) is 42.5 Å². The molecule has 4 heteroatoms. The highest BCUT2D eigenvalue weighted by Crippen LogP contribution is 2.33. The number of nitrogens with one attached hydrogen (secondary N) is 3. The Morgan fingerprint density at radius 2 is 1.40 bits per heavy atom. The first-order valence-electron chi connectivity index (χ1n) is 6.56. The summed E-state index contributed by atoms with van der Waals surface area (Å²) >= 11 is 0. The molecule has 98 valence electrons. The van der Waals surface area contributed by atoms with Crippen molar-refractivity contribution in [3.8, 4) is 28.5 Å². The molecule has 4 aromatic heterocycles. The largest absolute Gasteiger partial charge is 0.361 e. The molecule has 0 saturated carbocycles. The van der Waals surface area contributed by atoms with Crippen LogP contribution in [-0.2, 0) is 0 Å². The second-order valence-corrected chi connectivity index (χ2v) is 4.67. The lowest BCUT2D eigenvalue weighted by atomic mass is 10.1. The summed E-state index contributed by atoms with van der Waals surface area (Å²) in [5.74, 6) is 1.05. The topological polar surface area (TPSA) is 52.3 Å². The van der Waals surface area contributed by atoms with Gasteiger partial charge in [0.25, 0.3) is 0 Å². The highest BCUT2D eigenvalue weighted by Gasteiger charge is 2.15. The number of rotatable bonds is 3. The van der Waals surface area contributed by atoms with Gasteiger partial charge in [0.1, 0.15) is 5.82 Å². The van der Waals surface area contributed by atoms with Crippen LogP contribution in [0.4, 0.5) is 0 Å². The zero-order valence-corrected chi connectivity index (χ0v) is 10.8. The molecule has 0 fully saturated rings. The van der Waals surface area contributed by atoms with Crippen molar-refractivity contribution in [2.45, 2.75) is 0 Å². The van der Waals surface area contributed by atoms with Crippen LogP contribution in [0.2, 0.25) is 0 Å². The van der Waals surface area contributed by atoms with Gasteiger partial charge < -0.3 is 19.5 Å². The summed E-state index contributed by atoms with van der Waals surface area (Å²) in [5, 5.41) is 0. The van der Waals surface area contributed by atoms with E-state index in [9.17, 15) is 0 Å². The number of hydrogen-bond donors (Lipinski definition) is 3. The summed E-state index contributed by atoms with van der Waals surface area (Å²) in [7, 11) is 0. The van der Waals surface area contributed by atoms with Crippen LogP contribution in [0.15, 0.2) is 67.3 Å². The first kappa shape index (κ1) is 11.0. The van der Waals surface area contributed by atoms with Crippen LogP contribution in [0.1, 0.15) is 0 Å². The standard InChI is InChI=1S/C16H14N4/c1-4-13(17-8-1)12-7-11-20(15-6-3-10-19-15)16(12)14-5-2-9-18-14/h1-11,17-19H. The normalized spacial score (nSPS) is 11.0. The van der Waals surface area contributed by atoms with Gasteiger partial charge in [-0.1, -0.05) is 0 Å². The fourth-order valence-electron chi connectivity index (χ4n) is 2.57. The SMILES string of the molecule is c1c[nH]c(-c2ccn(-c3ccc[nH]3)c2-c2ccc[nH]2)c1. The van der Waals surface area contributed by atoms with Gasteiger partial charge >= 0.3 is 0 Å². The zero-order valence-electron chi connectivity index (χ0n) is 10.8. The second-order valence-electron chi connectivity index (χ2n) is 4.67. The number of nitrogens with zero attached hydrogens (tertiary/aromatic N) is 1. The lowest BCUT2D eigenvalue weighted by molar-refractivity contribution is 1.03. The molecule has 0 atom stereocenters. The van der Waals surface area contributed by atoms with Gasteiger partial charge in [-0.15, -0.1) is 0 Å². The van der Waals surface area contributed by atoms with E-state index in [1.54, 1.807) is 0 Å². The van der Waals surface area contributed by atoms with Crippen LogP contribution in [-0.4, -0.2) is 19.5 Å². The fourth-order valence-corrected chi connectivity index (χ4v) is 2.57. The predicted molar refractivity (Wildman–Crippen MR) is 79.7 cm³/mol. The molecule has 0 aliphatic carbocycles. The minimum absolute atomic E-state index is 1.05. The number of aromatic nitrogens is 4. The maximum Gasteiger partial charge on any atom is 0.114 e. The van der Waals surface area contributed by atoms with Gasteiger partial charge in [0.05, 0.1) is 11.4 Å². The summed E-state index contributed by atoms with van der Waals surface area (Å²) in [6.07, 6.45) is 7.90. The first-order chi connectivity index (χ1) is 9.93. The number of hydrogen-bond acceptors (Lipinski definition) is 0. The van der Waals surface area contributed by atoms with Crippen molar-refractivity contribution in [3.63, 3.8) is 0 Å². The molecule has 0 aliphatic heterocycles. The van der Waals surface area contributed by atoms with E-state index in [2.05, 4.69) is 50.0 Å². The zero-order chi connectivity index (χ0) is 13.4.